The number of ether oxygens (including phenoxy) is 1. The van der Waals surface area contributed by atoms with Gasteiger partial charge in [0.2, 0.25) is 11.0 Å². The van der Waals surface area contributed by atoms with Crippen molar-refractivity contribution in [2.75, 3.05) is 7.11 Å². The molecule has 1 aromatic carbocycles. The SMILES string of the molecule is COc1ccc(Cl)cc1-c1nc(S[C@@H](C)c2nc(C(C)(C)C)no2)n[nH]1. The maximum atomic E-state index is 6.08. The van der Waals surface area contributed by atoms with Crippen LogP contribution in [0.15, 0.2) is 27.9 Å². The fourth-order valence-electron chi connectivity index (χ4n) is 2.20. The number of aromatic amines is 1. The summed E-state index contributed by atoms with van der Waals surface area (Å²) in [7, 11) is 1.60. The first-order valence-corrected chi connectivity index (χ1v) is 9.30. The third-order valence-electron chi connectivity index (χ3n) is 3.62. The molecule has 0 amide bonds. The van der Waals surface area contributed by atoms with Gasteiger partial charge in [0.05, 0.1) is 17.9 Å². The Labute approximate surface area is 160 Å². The molecule has 9 heteroatoms. The van der Waals surface area contributed by atoms with Gasteiger partial charge in [-0.05, 0) is 25.1 Å². The van der Waals surface area contributed by atoms with Crippen LogP contribution in [0, 0.1) is 0 Å². The lowest BCUT2D eigenvalue weighted by atomic mass is 9.96. The Morgan fingerprint density at radius 2 is 2.04 bits per heavy atom. The van der Waals surface area contributed by atoms with E-state index >= 15 is 0 Å². The lowest BCUT2D eigenvalue weighted by Gasteiger charge is -2.11. The van der Waals surface area contributed by atoms with Gasteiger partial charge < -0.3 is 9.26 Å². The van der Waals surface area contributed by atoms with E-state index in [4.69, 9.17) is 20.9 Å². The fourth-order valence-corrected chi connectivity index (χ4v) is 3.13. The molecule has 0 aliphatic heterocycles. The predicted molar refractivity (Wildman–Crippen MR) is 101 cm³/mol. The summed E-state index contributed by atoms with van der Waals surface area (Å²) in [6, 6.07) is 5.34. The number of nitrogens with one attached hydrogen (secondary N) is 1. The van der Waals surface area contributed by atoms with E-state index in [2.05, 4.69) is 25.3 Å². The maximum absolute atomic E-state index is 6.08. The molecule has 7 nitrogen and oxygen atoms in total. The third-order valence-corrected chi connectivity index (χ3v) is 4.81. The number of halogens is 1. The monoisotopic (exact) mass is 393 g/mol. The highest BCUT2D eigenvalue weighted by atomic mass is 35.5. The summed E-state index contributed by atoms with van der Waals surface area (Å²) in [5.74, 6) is 2.48. The van der Waals surface area contributed by atoms with Crippen molar-refractivity contribution in [1.82, 2.24) is 25.3 Å². The van der Waals surface area contributed by atoms with Gasteiger partial charge in [0.1, 0.15) is 5.75 Å². The van der Waals surface area contributed by atoms with Crippen molar-refractivity contribution in [3.63, 3.8) is 0 Å². The summed E-state index contributed by atoms with van der Waals surface area (Å²) in [6.45, 7) is 8.10. The summed E-state index contributed by atoms with van der Waals surface area (Å²) in [6.07, 6.45) is 0. The summed E-state index contributed by atoms with van der Waals surface area (Å²) in [5, 5.41) is 12.3. The number of rotatable bonds is 5. The van der Waals surface area contributed by atoms with Crippen LogP contribution in [0.4, 0.5) is 0 Å². The number of thioether (sulfide) groups is 1. The Bertz CT molecular complexity index is 903. The number of nitrogens with zero attached hydrogens (tertiary/aromatic N) is 4. The number of benzene rings is 1. The number of hydrogen-bond acceptors (Lipinski definition) is 7. The molecule has 0 spiro atoms. The van der Waals surface area contributed by atoms with Crippen molar-refractivity contribution in [2.45, 2.75) is 43.5 Å². The Balaban J connectivity index is 1.78. The predicted octanol–water partition coefficient (Wildman–Crippen LogP) is 4.67. The van der Waals surface area contributed by atoms with Crippen LogP contribution in [0.25, 0.3) is 11.4 Å². The van der Waals surface area contributed by atoms with Crippen LogP contribution < -0.4 is 4.74 Å². The van der Waals surface area contributed by atoms with Gasteiger partial charge in [-0.3, -0.25) is 5.10 Å². The molecule has 3 aromatic rings. The molecule has 1 atom stereocenters. The molecule has 0 bridgehead atoms. The van der Waals surface area contributed by atoms with Gasteiger partial charge in [-0.1, -0.05) is 49.3 Å². The van der Waals surface area contributed by atoms with E-state index in [9.17, 15) is 0 Å². The lowest BCUT2D eigenvalue weighted by molar-refractivity contribution is 0.364. The standard InChI is InChI=1S/C17H20ClN5O2S/c1-9(14-20-15(23-25-14)17(2,3)4)26-16-19-13(21-22-16)11-8-10(18)6-7-12(11)24-5/h6-9H,1-5H3,(H,19,21,22)/t9-/m0/s1. The minimum absolute atomic E-state index is 0.0801. The quantitative estimate of drug-likeness (QED) is 0.630. The highest BCUT2D eigenvalue weighted by molar-refractivity contribution is 7.99. The van der Waals surface area contributed by atoms with E-state index < -0.39 is 0 Å². The number of H-pyrrole nitrogens is 1. The van der Waals surface area contributed by atoms with Crippen molar-refractivity contribution >= 4 is 23.4 Å². The van der Waals surface area contributed by atoms with Crippen molar-refractivity contribution in [2.24, 2.45) is 0 Å². The summed E-state index contributed by atoms with van der Waals surface area (Å²) < 4.78 is 10.7. The minimum Gasteiger partial charge on any atom is -0.496 e. The van der Waals surface area contributed by atoms with Gasteiger partial charge in [0.25, 0.3) is 0 Å². The summed E-state index contributed by atoms with van der Waals surface area (Å²) >= 11 is 7.51. The van der Waals surface area contributed by atoms with E-state index in [1.54, 1.807) is 25.3 Å². The second-order valence-corrected chi connectivity index (χ2v) is 8.52. The molecule has 2 aromatic heterocycles. The molecule has 0 saturated carbocycles. The van der Waals surface area contributed by atoms with Crippen LogP contribution in [0.3, 0.4) is 0 Å². The first-order valence-electron chi connectivity index (χ1n) is 8.05. The molecule has 0 unspecified atom stereocenters. The Morgan fingerprint density at radius 3 is 2.69 bits per heavy atom. The second-order valence-electron chi connectivity index (χ2n) is 6.78. The maximum Gasteiger partial charge on any atom is 0.239 e. The van der Waals surface area contributed by atoms with E-state index in [0.29, 0.717) is 33.5 Å². The number of hydrogen-bond donors (Lipinski definition) is 1. The van der Waals surface area contributed by atoms with Gasteiger partial charge >= 0.3 is 0 Å². The zero-order valence-electron chi connectivity index (χ0n) is 15.2. The lowest BCUT2D eigenvalue weighted by Crippen LogP contribution is -2.13. The molecule has 138 valence electrons. The third kappa shape index (κ3) is 4.02. The van der Waals surface area contributed by atoms with Crippen molar-refractivity contribution in [1.29, 1.82) is 0 Å². The molecule has 0 saturated heterocycles. The van der Waals surface area contributed by atoms with Crippen molar-refractivity contribution in [3.05, 3.63) is 34.9 Å². The average molecular weight is 394 g/mol. The van der Waals surface area contributed by atoms with Gasteiger partial charge in [-0.25, -0.2) is 4.98 Å². The molecule has 2 heterocycles. The molecule has 26 heavy (non-hydrogen) atoms. The largest absolute Gasteiger partial charge is 0.496 e. The Morgan fingerprint density at radius 1 is 1.27 bits per heavy atom. The highest BCUT2D eigenvalue weighted by Gasteiger charge is 2.24. The molecule has 3 rings (SSSR count). The van der Waals surface area contributed by atoms with E-state index in [0.717, 1.165) is 5.56 Å². The van der Waals surface area contributed by atoms with Crippen LogP contribution >= 0.6 is 23.4 Å². The van der Waals surface area contributed by atoms with Crippen LogP contribution in [0.5, 0.6) is 5.75 Å². The summed E-state index contributed by atoms with van der Waals surface area (Å²) in [5.41, 5.74) is 0.590. The molecule has 0 aliphatic rings. The normalized spacial score (nSPS) is 13.0. The molecule has 0 aliphatic carbocycles. The van der Waals surface area contributed by atoms with E-state index in [1.165, 1.54) is 11.8 Å². The minimum atomic E-state index is -0.160. The van der Waals surface area contributed by atoms with E-state index in [-0.39, 0.29) is 10.7 Å². The van der Waals surface area contributed by atoms with Gasteiger partial charge in [0, 0.05) is 10.4 Å². The zero-order chi connectivity index (χ0) is 18.9. The molecular formula is C17H20ClN5O2S. The smallest absolute Gasteiger partial charge is 0.239 e. The van der Waals surface area contributed by atoms with Crippen LogP contribution in [-0.2, 0) is 5.41 Å². The molecular weight excluding hydrogens is 374 g/mol. The molecule has 0 fully saturated rings. The van der Waals surface area contributed by atoms with E-state index in [1.807, 2.05) is 27.7 Å². The van der Waals surface area contributed by atoms with Crippen LogP contribution in [0.2, 0.25) is 5.02 Å². The zero-order valence-corrected chi connectivity index (χ0v) is 16.8. The highest BCUT2D eigenvalue weighted by Crippen LogP contribution is 2.35. The molecule has 1 N–H and O–H groups in total. The fraction of sp³-hybridized carbons (Fsp3) is 0.412. The first-order chi connectivity index (χ1) is 12.3. The van der Waals surface area contributed by atoms with Gasteiger partial charge in [-0.2, -0.15) is 4.98 Å². The molecule has 0 radical (unpaired) electrons. The summed E-state index contributed by atoms with van der Waals surface area (Å²) in [4.78, 5) is 9.00. The topological polar surface area (TPSA) is 89.7 Å². The number of aromatic nitrogens is 5. The van der Waals surface area contributed by atoms with Crippen molar-refractivity contribution < 1.29 is 9.26 Å². The average Bonchev–Trinajstić information content (AvgIpc) is 3.23. The van der Waals surface area contributed by atoms with Crippen LogP contribution in [0.1, 0.15) is 44.7 Å². The van der Waals surface area contributed by atoms with Crippen LogP contribution in [-0.4, -0.2) is 32.4 Å². The Kier molecular flexibility index (Phi) is 5.24. The Hall–Kier alpha value is -2.06. The first kappa shape index (κ1) is 18.7. The second kappa shape index (κ2) is 7.28. The van der Waals surface area contributed by atoms with Gasteiger partial charge in [-0.15, -0.1) is 5.10 Å². The van der Waals surface area contributed by atoms with Crippen molar-refractivity contribution in [3.8, 4) is 17.1 Å². The van der Waals surface area contributed by atoms with Gasteiger partial charge in [0.15, 0.2) is 11.6 Å². The number of methoxy groups -OCH3 is 1.